The lowest BCUT2D eigenvalue weighted by molar-refractivity contribution is -0.117. The number of ketones is 1. The van der Waals surface area contributed by atoms with Crippen molar-refractivity contribution in [2.24, 2.45) is 0 Å². The second-order valence-electron chi connectivity index (χ2n) is 3.56. The first-order chi connectivity index (χ1) is 7.72. The minimum atomic E-state index is 0.204. The van der Waals surface area contributed by atoms with Crippen molar-refractivity contribution in [3.63, 3.8) is 0 Å². The molecule has 1 aromatic carbocycles. The number of ether oxygens (including phenoxy) is 2. The molecule has 0 amide bonds. The lowest BCUT2D eigenvalue weighted by Gasteiger charge is -2.07. The van der Waals surface area contributed by atoms with Gasteiger partial charge in [-0.25, -0.2) is 0 Å². The zero-order valence-electron chi connectivity index (χ0n) is 9.86. The number of carbonyl (C=O) groups excluding carboxylic acids is 1. The summed E-state index contributed by atoms with van der Waals surface area (Å²) in [6.45, 7) is 4.79. The summed E-state index contributed by atoms with van der Waals surface area (Å²) in [7, 11) is 0. The molecule has 0 aromatic heterocycles. The van der Waals surface area contributed by atoms with E-state index in [1.807, 2.05) is 31.2 Å². The highest BCUT2D eigenvalue weighted by molar-refractivity contribution is 5.75. The van der Waals surface area contributed by atoms with E-state index in [1.165, 1.54) is 0 Å². The smallest absolute Gasteiger partial charge is 0.129 e. The molecule has 0 spiro atoms. The maximum Gasteiger partial charge on any atom is 0.129 e. The van der Waals surface area contributed by atoms with Gasteiger partial charge in [-0.15, -0.1) is 0 Å². The van der Waals surface area contributed by atoms with Crippen molar-refractivity contribution in [3.05, 3.63) is 24.3 Å². The molecule has 0 fully saturated rings. The lowest BCUT2D eigenvalue weighted by Crippen LogP contribution is -2.00. The Labute approximate surface area is 96.4 Å². The van der Waals surface area contributed by atoms with Crippen LogP contribution in [0.15, 0.2) is 24.3 Å². The number of hydrogen-bond acceptors (Lipinski definition) is 3. The molecule has 0 N–H and O–H groups in total. The van der Waals surface area contributed by atoms with Crippen LogP contribution in [0.2, 0.25) is 0 Å². The van der Waals surface area contributed by atoms with E-state index in [0.29, 0.717) is 19.6 Å². The molecule has 16 heavy (non-hydrogen) atoms. The van der Waals surface area contributed by atoms with Gasteiger partial charge in [-0.1, -0.05) is 0 Å². The van der Waals surface area contributed by atoms with Gasteiger partial charge in [0.2, 0.25) is 0 Å². The molecule has 0 radical (unpaired) electrons. The molecule has 0 saturated heterocycles. The van der Waals surface area contributed by atoms with E-state index in [1.54, 1.807) is 6.92 Å². The van der Waals surface area contributed by atoms with Crippen molar-refractivity contribution in [2.75, 3.05) is 13.2 Å². The van der Waals surface area contributed by atoms with Crippen LogP contribution in [0.25, 0.3) is 0 Å². The molecule has 0 heterocycles. The largest absolute Gasteiger partial charge is 0.494 e. The zero-order valence-corrected chi connectivity index (χ0v) is 9.86. The number of Topliss-reactive ketones (excluding diaryl/α,β-unsaturated/α-hetero) is 1. The van der Waals surface area contributed by atoms with Gasteiger partial charge < -0.3 is 14.3 Å². The van der Waals surface area contributed by atoms with Crippen LogP contribution in [0.5, 0.6) is 11.5 Å². The number of carbonyl (C=O) groups is 1. The Morgan fingerprint density at radius 3 is 2.19 bits per heavy atom. The summed E-state index contributed by atoms with van der Waals surface area (Å²) < 4.78 is 10.8. The lowest BCUT2D eigenvalue weighted by atomic mass is 10.2. The van der Waals surface area contributed by atoms with Gasteiger partial charge in [0.1, 0.15) is 17.3 Å². The van der Waals surface area contributed by atoms with Gasteiger partial charge in [-0.3, -0.25) is 0 Å². The quantitative estimate of drug-likeness (QED) is 0.665. The third-order valence-corrected chi connectivity index (χ3v) is 2.08. The molecule has 0 saturated carbocycles. The summed E-state index contributed by atoms with van der Waals surface area (Å²) in [5, 5.41) is 0. The Bertz CT molecular complexity index is 316. The Kier molecular flexibility index (Phi) is 5.40. The highest BCUT2D eigenvalue weighted by atomic mass is 16.5. The predicted molar refractivity (Wildman–Crippen MR) is 63.0 cm³/mol. The number of rotatable bonds is 7. The van der Waals surface area contributed by atoms with Crippen LogP contribution in [-0.2, 0) is 4.79 Å². The monoisotopic (exact) mass is 222 g/mol. The maximum absolute atomic E-state index is 10.7. The average Bonchev–Trinajstić information content (AvgIpc) is 2.27. The number of benzene rings is 1. The minimum absolute atomic E-state index is 0.204. The molecule has 0 unspecified atom stereocenters. The maximum atomic E-state index is 10.7. The van der Waals surface area contributed by atoms with E-state index < -0.39 is 0 Å². The summed E-state index contributed by atoms with van der Waals surface area (Å²) in [4.78, 5) is 10.7. The first kappa shape index (κ1) is 12.6. The Hall–Kier alpha value is -1.51. The summed E-state index contributed by atoms with van der Waals surface area (Å²) in [6, 6.07) is 7.51. The standard InChI is InChI=1S/C13H18O3/c1-3-15-12-6-8-13(9-7-12)16-10-4-5-11(2)14/h6-9H,3-5,10H2,1-2H3. The third kappa shape index (κ3) is 4.82. The summed E-state index contributed by atoms with van der Waals surface area (Å²) in [5.74, 6) is 1.86. The van der Waals surface area contributed by atoms with E-state index in [-0.39, 0.29) is 5.78 Å². The van der Waals surface area contributed by atoms with Gasteiger partial charge in [0, 0.05) is 6.42 Å². The van der Waals surface area contributed by atoms with Crippen molar-refractivity contribution in [1.82, 2.24) is 0 Å². The molecule has 0 aliphatic carbocycles. The fourth-order valence-electron chi connectivity index (χ4n) is 1.31. The van der Waals surface area contributed by atoms with E-state index in [4.69, 9.17) is 9.47 Å². The van der Waals surface area contributed by atoms with Crippen LogP contribution >= 0.6 is 0 Å². The highest BCUT2D eigenvalue weighted by Gasteiger charge is 1.97. The molecule has 0 aliphatic heterocycles. The van der Waals surface area contributed by atoms with Gasteiger partial charge in [0.05, 0.1) is 13.2 Å². The second kappa shape index (κ2) is 6.88. The SMILES string of the molecule is CCOc1ccc(OCCCC(C)=O)cc1. The first-order valence-corrected chi connectivity index (χ1v) is 5.57. The van der Waals surface area contributed by atoms with Crippen LogP contribution in [-0.4, -0.2) is 19.0 Å². The van der Waals surface area contributed by atoms with Crippen LogP contribution in [0, 0.1) is 0 Å². The van der Waals surface area contributed by atoms with Gasteiger partial charge >= 0.3 is 0 Å². The van der Waals surface area contributed by atoms with Crippen molar-refractivity contribution in [3.8, 4) is 11.5 Å². The molecular weight excluding hydrogens is 204 g/mol. The van der Waals surface area contributed by atoms with Gasteiger partial charge in [0.25, 0.3) is 0 Å². The molecule has 0 bridgehead atoms. The molecule has 1 aromatic rings. The van der Waals surface area contributed by atoms with Crippen LogP contribution in [0.3, 0.4) is 0 Å². The number of hydrogen-bond donors (Lipinski definition) is 0. The van der Waals surface area contributed by atoms with E-state index in [2.05, 4.69) is 0 Å². The van der Waals surface area contributed by atoms with E-state index in [0.717, 1.165) is 17.9 Å². The summed E-state index contributed by atoms with van der Waals surface area (Å²) in [6.07, 6.45) is 1.35. The molecule has 1 rings (SSSR count). The van der Waals surface area contributed by atoms with Crippen molar-refractivity contribution >= 4 is 5.78 Å². The topological polar surface area (TPSA) is 35.5 Å². The molecular formula is C13H18O3. The Morgan fingerprint density at radius 2 is 1.69 bits per heavy atom. The Morgan fingerprint density at radius 1 is 1.12 bits per heavy atom. The second-order valence-corrected chi connectivity index (χ2v) is 3.56. The fraction of sp³-hybridized carbons (Fsp3) is 0.462. The minimum Gasteiger partial charge on any atom is -0.494 e. The molecule has 88 valence electrons. The van der Waals surface area contributed by atoms with E-state index in [9.17, 15) is 4.79 Å². The zero-order chi connectivity index (χ0) is 11.8. The first-order valence-electron chi connectivity index (χ1n) is 5.57. The average molecular weight is 222 g/mol. The predicted octanol–water partition coefficient (Wildman–Crippen LogP) is 2.83. The molecule has 3 nitrogen and oxygen atoms in total. The van der Waals surface area contributed by atoms with Crippen LogP contribution < -0.4 is 9.47 Å². The van der Waals surface area contributed by atoms with E-state index >= 15 is 0 Å². The van der Waals surface area contributed by atoms with Crippen molar-refractivity contribution < 1.29 is 14.3 Å². The van der Waals surface area contributed by atoms with Gasteiger partial charge in [-0.2, -0.15) is 0 Å². The molecule has 0 atom stereocenters. The molecule has 0 aliphatic rings. The summed E-state index contributed by atoms with van der Waals surface area (Å²) in [5.41, 5.74) is 0. The molecule has 3 heteroatoms. The normalized spacial score (nSPS) is 9.88. The third-order valence-electron chi connectivity index (χ3n) is 2.08. The highest BCUT2D eigenvalue weighted by Crippen LogP contribution is 2.17. The van der Waals surface area contributed by atoms with Gasteiger partial charge in [0.15, 0.2) is 0 Å². The van der Waals surface area contributed by atoms with Crippen molar-refractivity contribution in [2.45, 2.75) is 26.7 Å². The summed E-state index contributed by atoms with van der Waals surface area (Å²) >= 11 is 0. The van der Waals surface area contributed by atoms with Crippen molar-refractivity contribution in [1.29, 1.82) is 0 Å². The Balaban J connectivity index is 2.29. The fourth-order valence-corrected chi connectivity index (χ4v) is 1.31. The van der Waals surface area contributed by atoms with Crippen LogP contribution in [0.1, 0.15) is 26.7 Å². The van der Waals surface area contributed by atoms with Gasteiger partial charge in [-0.05, 0) is 44.5 Å². The van der Waals surface area contributed by atoms with Crippen LogP contribution in [0.4, 0.5) is 0 Å².